The fourth-order valence-corrected chi connectivity index (χ4v) is 1.29. The second kappa shape index (κ2) is 6.56. The van der Waals surface area contributed by atoms with E-state index < -0.39 is 6.29 Å². The van der Waals surface area contributed by atoms with Crippen molar-refractivity contribution < 1.29 is 9.84 Å². The van der Waals surface area contributed by atoms with Gasteiger partial charge in [-0.3, -0.25) is 0 Å². The highest BCUT2D eigenvalue weighted by atomic mass is 16.6. The lowest BCUT2D eigenvalue weighted by atomic mass is 10.2. The van der Waals surface area contributed by atoms with Crippen LogP contribution in [0, 0.1) is 0 Å². The summed E-state index contributed by atoms with van der Waals surface area (Å²) >= 11 is 0. The largest absolute Gasteiger partial charge is 0.364 e. The van der Waals surface area contributed by atoms with Crippen molar-refractivity contribution in [3.05, 3.63) is 35.9 Å². The predicted octanol–water partition coefficient (Wildman–Crippen LogP) is 1.65. The van der Waals surface area contributed by atoms with Crippen molar-refractivity contribution in [2.75, 3.05) is 27.2 Å². The Balaban J connectivity index is 2.22. The third kappa shape index (κ3) is 4.93. The molecule has 0 heterocycles. The number of ether oxygens (including phenoxy) is 1. The van der Waals surface area contributed by atoms with E-state index in [4.69, 9.17) is 4.74 Å². The highest BCUT2D eigenvalue weighted by Crippen LogP contribution is 2.13. The molecule has 1 rings (SSSR count). The van der Waals surface area contributed by atoms with Gasteiger partial charge in [0.1, 0.15) is 0 Å². The van der Waals surface area contributed by atoms with Crippen LogP contribution in [0.5, 0.6) is 0 Å². The zero-order valence-electron chi connectivity index (χ0n) is 9.39. The maximum Gasteiger partial charge on any atom is 0.181 e. The summed E-state index contributed by atoms with van der Waals surface area (Å²) < 4.78 is 5.31. The number of nitrogens with zero attached hydrogens (tertiary/aromatic N) is 1. The van der Waals surface area contributed by atoms with E-state index in [2.05, 4.69) is 4.90 Å². The number of aliphatic hydroxyl groups excluding tert-OH is 1. The normalized spacial score (nSPS) is 13.1. The van der Waals surface area contributed by atoms with E-state index in [1.807, 2.05) is 44.4 Å². The fraction of sp³-hybridized carbons (Fsp3) is 0.500. The molecule has 1 unspecified atom stereocenters. The van der Waals surface area contributed by atoms with E-state index in [-0.39, 0.29) is 0 Å². The van der Waals surface area contributed by atoms with Gasteiger partial charge in [-0.25, -0.2) is 0 Å². The van der Waals surface area contributed by atoms with Crippen LogP contribution in [0.1, 0.15) is 18.3 Å². The Bertz CT molecular complexity index is 262. The van der Waals surface area contributed by atoms with Crippen molar-refractivity contribution in [3.63, 3.8) is 0 Å². The van der Waals surface area contributed by atoms with Crippen molar-refractivity contribution in [3.8, 4) is 0 Å². The van der Waals surface area contributed by atoms with Crippen LogP contribution >= 0.6 is 0 Å². The lowest BCUT2D eigenvalue weighted by molar-refractivity contribution is -0.104. The zero-order chi connectivity index (χ0) is 11.1. The molecule has 0 bridgehead atoms. The number of rotatable bonds is 6. The molecule has 1 aromatic rings. The molecule has 0 saturated heterocycles. The minimum absolute atomic E-state index is 0.578. The minimum atomic E-state index is -0.798. The van der Waals surface area contributed by atoms with Crippen molar-refractivity contribution >= 4 is 0 Å². The van der Waals surface area contributed by atoms with Gasteiger partial charge in [0.2, 0.25) is 0 Å². The summed E-state index contributed by atoms with van der Waals surface area (Å²) in [5, 5.41) is 9.65. The first-order valence-electron chi connectivity index (χ1n) is 5.19. The van der Waals surface area contributed by atoms with E-state index in [0.29, 0.717) is 6.61 Å². The van der Waals surface area contributed by atoms with Gasteiger partial charge >= 0.3 is 0 Å². The van der Waals surface area contributed by atoms with Gasteiger partial charge in [0.25, 0.3) is 0 Å². The maximum atomic E-state index is 9.65. The lowest BCUT2D eigenvalue weighted by Crippen LogP contribution is -2.15. The van der Waals surface area contributed by atoms with Gasteiger partial charge in [-0.1, -0.05) is 30.3 Å². The van der Waals surface area contributed by atoms with E-state index in [1.54, 1.807) is 0 Å². The number of hydrogen-bond donors (Lipinski definition) is 1. The third-order valence-corrected chi connectivity index (χ3v) is 2.11. The van der Waals surface area contributed by atoms with E-state index in [1.165, 1.54) is 0 Å². The highest BCUT2D eigenvalue weighted by Gasteiger charge is 2.05. The van der Waals surface area contributed by atoms with Crippen molar-refractivity contribution in [2.24, 2.45) is 0 Å². The van der Waals surface area contributed by atoms with Gasteiger partial charge in [0.05, 0.1) is 6.61 Å². The van der Waals surface area contributed by atoms with Crippen LogP contribution in [0.25, 0.3) is 0 Å². The Hall–Kier alpha value is -0.900. The van der Waals surface area contributed by atoms with Crippen LogP contribution in [-0.2, 0) is 4.74 Å². The summed E-state index contributed by atoms with van der Waals surface area (Å²) in [6.45, 7) is 1.55. The standard InChI is InChI=1S/C12H19NO2/c1-13(2)9-6-10-15-12(14)11-7-4-3-5-8-11/h3-5,7-8,12,14H,6,9-10H2,1-2H3. The smallest absolute Gasteiger partial charge is 0.181 e. The lowest BCUT2D eigenvalue weighted by Gasteiger charge is -2.13. The third-order valence-electron chi connectivity index (χ3n) is 2.11. The number of aliphatic hydroxyl groups is 1. The Kier molecular flexibility index (Phi) is 5.32. The second-order valence-corrected chi connectivity index (χ2v) is 3.79. The zero-order valence-corrected chi connectivity index (χ0v) is 9.39. The van der Waals surface area contributed by atoms with E-state index in [9.17, 15) is 5.11 Å². The van der Waals surface area contributed by atoms with Crippen LogP contribution in [0.3, 0.4) is 0 Å². The summed E-state index contributed by atoms with van der Waals surface area (Å²) in [5.41, 5.74) is 0.808. The number of benzene rings is 1. The highest BCUT2D eigenvalue weighted by molar-refractivity contribution is 5.15. The fourth-order valence-electron chi connectivity index (χ4n) is 1.29. The van der Waals surface area contributed by atoms with Crippen LogP contribution in [-0.4, -0.2) is 37.3 Å². The Labute approximate surface area is 91.3 Å². The molecule has 3 nitrogen and oxygen atoms in total. The molecule has 0 spiro atoms. The average Bonchev–Trinajstić information content (AvgIpc) is 2.25. The van der Waals surface area contributed by atoms with Crippen LogP contribution in [0.2, 0.25) is 0 Å². The van der Waals surface area contributed by atoms with Crippen LogP contribution in [0.4, 0.5) is 0 Å². The summed E-state index contributed by atoms with van der Waals surface area (Å²) in [4.78, 5) is 2.10. The molecule has 84 valence electrons. The van der Waals surface area contributed by atoms with Crippen molar-refractivity contribution in [1.82, 2.24) is 4.90 Å². The number of hydrogen-bond acceptors (Lipinski definition) is 3. The molecule has 0 aliphatic heterocycles. The molecular weight excluding hydrogens is 190 g/mol. The van der Waals surface area contributed by atoms with Crippen LogP contribution in [0.15, 0.2) is 30.3 Å². The van der Waals surface area contributed by atoms with E-state index in [0.717, 1.165) is 18.5 Å². The van der Waals surface area contributed by atoms with Crippen LogP contribution < -0.4 is 0 Å². The van der Waals surface area contributed by atoms with Gasteiger partial charge in [0.15, 0.2) is 6.29 Å². The SMILES string of the molecule is CN(C)CCCOC(O)c1ccccc1. The first kappa shape index (κ1) is 12.2. The molecule has 3 heteroatoms. The Morgan fingerprint density at radius 3 is 2.53 bits per heavy atom. The van der Waals surface area contributed by atoms with Crippen molar-refractivity contribution in [1.29, 1.82) is 0 Å². The summed E-state index contributed by atoms with van der Waals surface area (Å²) in [7, 11) is 4.04. The molecule has 1 atom stereocenters. The second-order valence-electron chi connectivity index (χ2n) is 3.79. The summed E-state index contributed by atoms with van der Waals surface area (Å²) in [6.07, 6.45) is 0.130. The van der Waals surface area contributed by atoms with Gasteiger partial charge in [-0.05, 0) is 27.1 Å². The molecule has 1 aromatic carbocycles. The molecule has 15 heavy (non-hydrogen) atoms. The quantitative estimate of drug-likeness (QED) is 0.571. The molecule has 1 N–H and O–H groups in total. The van der Waals surface area contributed by atoms with Gasteiger partial charge in [-0.2, -0.15) is 0 Å². The average molecular weight is 209 g/mol. The molecular formula is C12H19NO2. The van der Waals surface area contributed by atoms with E-state index >= 15 is 0 Å². The van der Waals surface area contributed by atoms with Gasteiger partial charge < -0.3 is 14.7 Å². The van der Waals surface area contributed by atoms with Gasteiger partial charge in [0, 0.05) is 5.56 Å². The molecule has 0 amide bonds. The molecule has 0 saturated carbocycles. The first-order valence-corrected chi connectivity index (χ1v) is 5.19. The van der Waals surface area contributed by atoms with Gasteiger partial charge in [-0.15, -0.1) is 0 Å². The first-order chi connectivity index (χ1) is 7.20. The molecule has 0 aliphatic carbocycles. The van der Waals surface area contributed by atoms with Crippen molar-refractivity contribution in [2.45, 2.75) is 12.7 Å². The molecule has 0 fully saturated rings. The monoisotopic (exact) mass is 209 g/mol. The molecule has 0 aliphatic rings. The minimum Gasteiger partial charge on any atom is -0.364 e. The summed E-state index contributed by atoms with van der Waals surface area (Å²) in [6, 6.07) is 9.42. The Morgan fingerprint density at radius 1 is 1.27 bits per heavy atom. The Morgan fingerprint density at radius 2 is 1.93 bits per heavy atom. The predicted molar refractivity (Wildman–Crippen MR) is 60.5 cm³/mol. The molecule has 0 radical (unpaired) electrons. The molecule has 0 aromatic heterocycles. The topological polar surface area (TPSA) is 32.7 Å². The maximum absolute atomic E-state index is 9.65. The summed E-state index contributed by atoms with van der Waals surface area (Å²) in [5.74, 6) is 0.